The van der Waals surface area contributed by atoms with Gasteiger partial charge in [0.05, 0.1) is 25.4 Å². The Morgan fingerprint density at radius 3 is 1.12 bits per heavy atom. The van der Waals surface area contributed by atoms with Crippen molar-refractivity contribution in [2.75, 3.05) is 13.2 Å². The molecule has 0 aliphatic carbocycles. The average molecular weight is 1020 g/mol. The van der Waals surface area contributed by atoms with E-state index in [-0.39, 0.29) is 12.5 Å². The summed E-state index contributed by atoms with van der Waals surface area (Å²) in [5, 5.41) is 54.5. The van der Waals surface area contributed by atoms with E-state index in [9.17, 15) is 30.3 Å². The van der Waals surface area contributed by atoms with Gasteiger partial charge in [0.1, 0.15) is 24.4 Å². The molecule has 72 heavy (non-hydrogen) atoms. The van der Waals surface area contributed by atoms with Gasteiger partial charge in [-0.2, -0.15) is 0 Å². The number of hydrogen-bond donors (Lipinski definition) is 6. The first-order valence-corrected chi connectivity index (χ1v) is 31.9. The van der Waals surface area contributed by atoms with Crippen LogP contribution in [0.2, 0.25) is 0 Å². The van der Waals surface area contributed by atoms with Crippen LogP contribution < -0.4 is 5.32 Å². The van der Waals surface area contributed by atoms with Crippen LogP contribution in [0, 0.1) is 0 Å². The van der Waals surface area contributed by atoms with Crippen molar-refractivity contribution in [1.82, 2.24) is 5.32 Å². The van der Waals surface area contributed by atoms with Crippen LogP contribution in [0.1, 0.15) is 328 Å². The molecule has 0 spiro atoms. The molecule has 6 N–H and O–H groups in total. The molecule has 1 amide bonds. The first kappa shape index (κ1) is 68.9. The fourth-order valence-corrected chi connectivity index (χ4v) is 10.6. The summed E-state index contributed by atoms with van der Waals surface area (Å²) in [6.07, 6.45) is 60.2. The van der Waals surface area contributed by atoms with Gasteiger partial charge in [-0.05, 0) is 38.5 Å². The summed E-state index contributed by atoms with van der Waals surface area (Å²) in [5.74, 6) is -0.139. The van der Waals surface area contributed by atoms with Crippen LogP contribution in [0.4, 0.5) is 0 Å². The Labute approximate surface area is 446 Å². The molecular formula is C63H123NO8. The number of unbranched alkanes of at least 4 members (excludes halogenated alkanes) is 44. The van der Waals surface area contributed by atoms with E-state index in [1.54, 1.807) is 0 Å². The summed E-state index contributed by atoms with van der Waals surface area (Å²) < 4.78 is 11.3. The fraction of sp³-hybridized carbons (Fsp3) is 0.952. The molecule has 0 aromatic carbocycles. The number of carbonyl (C=O) groups is 1. The summed E-state index contributed by atoms with van der Waals surface area (Å²) in [5.41, 5.74) is 0. The number of carbonyl (C=O) groups excluding carboxylic acids is 1. The van der Waals surface area contributed by atoms with E-state index in [0.717, 1.165) is 38.5 Å². The number of hydrogen-bond acceptors (Lipinski definition) is 8. The maximum atomic E-state index is 13.0. The maximum absolute atomic E-state index is 13.0. The van der Waals surface area contributed by atoms with E-state index in [2.05, 4.69) is 31.3 Å². The van der Waals surface area contributed by atoms with Crippen LogP contribution in [0.25, 0.3) is 0 Å². The molecular weight excluding hydrogens is 899 g/mol. The predicted octanol–water partition coefficient (Wildman–Crippen LogP) is 16.4. The summed E-state index contributed by atoms with van der Waals surface area (Å²) in [4.78, 5) is 13.0. The highest BCUT2D eigenvalue weighted by Gasteiger charge is 2.44. The average Bonchev–Trinajstić information content (AvgIpc) is 3.38. The molecule has 9 heteroatoms. The molecule has 1 heterocycles. The number of aliphatic hydroxyl groups excluding tert-OH is 5. The molecule has 1 saturated heterocycles. The van der Waals surface area contributed by atoms with Gasteiger partial charge in [-0.25, -0.2) is 0 Å². The van der Waals surface area contributed by atoms with Crippen LogP contribution in [0.15, 0.2) is 12.2 Å². The van der Waals surface area contributed by atoms with Crippen molar-refractivity contribution in [2.24, 2.45) is 0 Å². The standard InChI is InChI=1S/C63H123NO8/c1-3-5-7-9-11-13-15-16-17-18-19-20-21-22-23-24-25-26-27-28-29-30-31-32-33-34-35-36-37-38-39-40-41-42-43-45-47-49-51-53-59(67)64-56(55-71-63-62(70)61(69)60(68)58(54-65)72-63)57(66)52-50-48-46-44-14-12-10-8-6-4-2/h18-19,56-58,60-63,65-66,68-70H,3-17,20-55H2,1-2H3,(H,64,67)/b19-18-. The van der Waals surface area contributed by atoms with Crippen molar-refractivity contribution in [3.8, 4) is 0 Å². The van der Waals surface area contributed by atoms with Gasteiger partial charge >= 0.3 is 0 Å². The van der Waals surface area contributed by atoms with Crippen molar-refractivity contribution >= 4 is 5.91 Å². The summed E-state index contributed by atoms with van der Waals surface area (Å²) >= 11 is 0. The minimum Gasteiger partial charge on any atom is -0.394 e. The number of amides is 1. The van der Waals surface area contributed by atoms with E-state index >= 15 is 0 Å². The van der Waals surface area contributed by atoms with E-state index in [1.165, 1.54) is 263 Å². The molecule has 0 saturated carbocycles. The topological polar surface area (TPSA) is 149 Å². The highest BCUT2D eigenvalue weighted by atomic mass is 16.7. The number of ether oxygens (including phenoxy) is 2. The first-order chi connectivity index (χ1) is 35.3. The molecule has 0 bridgehead atoms. The van der Waals surface area contributed by atoms with Gasteiger partial charge < -0.3 is 40.3 Å². The van der Waals surface area contributed by atoms with Crippen molar-refractivity contribution in [3.63, 3.8) is 0 Å². The third-order valence-electron chi connectivity index (χ3n) is 15.6. The van der Waals surface area contributed by atoms with Crippen LogP contribution in [-0.4, -0.2) is 87.5 Å². The zero-order valence-corrected chi connectivity index (χ0v) is 47.7. The Kier molecular flexibility index (Phi) is 51.1. The lowest BCUT2D eigenvalue weighted by molar-refractivity contribution is -0.302. The summed E-state index contributed by atoms with van der Waals surface area (Å²) in [7, 11) is 0. The zero-order chi connectivity index (χ0) is 52.2. The smallest absolute Gasteiger partial charge is 0.220 e. The lowest BCUT2D eigenvalue weighted by Gasteiger charge is -2.40. The summed E-state index contributed by atoms with van der Waals surface area (Å²) in [6.45, 7) is 3.85. The van der Waals surface area contributed by atoms with Crippen LogP contribution in [0.3, 0.4) is 0 Å². The van der Waals surface area contributed by atoms with Crippen LogP contribution in [0.5, 0.6) is 0 Å². The monoisotopic (exact) mass is 1020 g/mol. The predicted molar refractivity (Wildman–Crippen MR) is 304 cm³/mol. The Balaban J connectivity index is 1.97. The van der Waals surface area contributed by atoms with Gasteiger partial charge in [-0.1, -0.05) is 296 Å². The minimum atomic E-state index is -1.55. The fourth-order valence-electron chi connectivity index (χ4n) is 10.6. The minimum absolute atomic E-state index is 0.133. The highest BCUT2D eigenvalue weighted by molar-refractivity contribution is 5.76. The molecule has 0 aromatic heterocycles. The van der Waals surface area contributed by atoms with E-state index in [4.69, 9.17) is 9.47 Å². The lowest BCUT2D eigenvalue weighted by Crippen LogP contribution is -2.60. The largest absolute Gasteiger partial charge is 0.394 e. The Morgan fingerprint density at radius 2 is 0.778 bits per heavy atom. The molecule has 7 unspecified atom stereocenters. The molecule has 7 atom stereocenters. The van der Waals surface area contributed by atoms with Crippen LogP contribution >= 0.6 is 0 Å². The normalized spacial score (nSPS) is 19.1. The second-order valence-corrected chi connectivity index (χ2v) is 22.6. The molecule has 1 fully saturated rings. The van der Waals surface area contributed by atoms with E-state index in [0.29, 0.717) is 12.8 Å². The lowest BCUT2D eigenvalue weighted by atomic mass is 9.99. The molecule has 1 aliphatic rings. The quantitative estimate of drug-likeness (QED) is 0.0261. The summed E-state index contributed by atoms with van der Waals surface area (Å²) in [6, 6.07) is -0.713. The number of aliphatic hydroxyl groups is 5. The molecule has 0 radical (unpaired) electrons. The Hall–Kier alpha value is -1.07. The molecule has 1 rings (SSSR count). The Bertz CT molecular complexity index is 1140. The van der Waals surface area contributed by atoms with Gasteiger partial charge in [0, 0.05) is 6.42 Å². The van der Waals surface area contributed by atoms with E-state index in [1.807, 2.05) is 0 Å². The third kappa shape index (κ3) is 42.1. The maximum Gasteiger partial charge on any atom is 0.220 e. The molecule has 0 aromatic rings. The molecule has 428 valence electrons. The van der Waals surface area contributed by atoms with Crippen LogP contribution in [-0.2, 0) is 14.3 Å². The van der Waals surface area contributed by atoms with Gasteiger partial charge in [-0.3, -0.25) is 4.79 Å². The van der Waals surface area contributed by atoms with Crippen molar-refractivity contribution in [2.45, 2.75) is 371 Å². The van der Waals surface area contributed by atoms with E-state index < -0.39 is 49.5 Å². The first-order valence-electron chi connectivity index (χ1n) is 31.9. The second-order valence-electron chi connectivity index (χ2n) is 22.6. The van der Waals surface area contributed by atoms with Crippen molar-refractivity contribution < 1.29 is 39.8 Å². The van der Waals surface area contributed by atoms with Gasteiger partial charge in [-0.15, -0.1) is 0 Å². The number of nitrogens with one attached hydrogen (secondary N) is 1. The molecule has 9 nitrogen and oxygen atoms in total. The second kappa shape index (κ2) is 53.3. The Morgan fingerprint density at radius 1 is 0.458 bits per heavy atom. The van der Waals surface area contributed by atoms with Gasteiger partial charge in [0.25, 0.3) is 0 Å². The molecule has 1 aliphatic heterocycles. The van der Waals surface area contributed by atoms with Gasteiger partial charge in [0.15, 0.2) is 6.29 Å². The van der Waals surface area contributed by atoms with Crippen molar-refractivity contribution in [1.29, 1.82) is 0 Å². The SMILES string of the molecule is CCCCCCCCCC/C=C\CCCCCCCCCCCCCCCCCCCCCCCCCCCCCC(=O)NC(COC1OC(CO)C(O)C(O)C1O)C(O)CCCCCCCCCCCC. The highest BCUT2D eigenvalue weighted by Crippen LogP contribution is 2.24. The van der Waals surface area contributed by atoms with Gasteiger partial charge in [0.2, 0.25) is 5.91 Å². The van der Waals surface area contributed by atoms with Crippen molar-refractivity contribution in [3.05, 3.63) is 12.2 Å². The zero-order valence-electron chi connectivity index (χ0n) is 47.7. The number of rotatable bonds is 56. The number of allylic oxidation sites excluding steroid dienone is 2. The third-order valence-corrected chi connectivity index (χ3v) is 15.6.